The summed E-state index contributed by atoms with van der Waals surface area (Å²) in [5, 5.41) is 8.32. The number of halogens is 1. The highest BCUT2D eigenvalue weighted by atomic mass is 19.1. The molecule has 0 atom stereocenters. The molecule has 0 aliphatic carbocycles. The van der Waals surface area contributed by atoms with Crippen molar-refractivity contribution in [2.24, 2.45) is 0 Å². The normalized spacial score (nSPS) is 10.6. The van der Waals surface area contributed by atoms with Crippen LogP contribution in [0.4, 0.5) is 4.39 Å². The Kier molecular flexibility index (Phi) is 2.80. The van der Waals surface area contributed by atoms with Crippen LogP contribution in [-0.4, -0.2) is 11.1 Å². The molecule has 0 unspecified atom stereocenters. The second-order valence-corrected chi connectivity index (χ2v) is 2.68. The molecule has 0 aliphatic heterocycles. The molecule has 0 bridgehead atoms. The first-order valence-corrected chi connectivity index (χ1v) is 3.77. The van der Waals surface area contributed by atoms with Crippen LogP contribution in [0.2, 0.25) is 0 Å². The number of rotatable bonds is 2. The summed E-state index contributed by atoms with van der Waals surface area (Å²) >= 11 is 0. The maximum atomic E-state index is 12.9. The Hall–Kier alpha value is -1.64. The molecule has 1 aromatic carbocycles. The van der Waals surface area contributed by atoms with Gasteiger partial charge in [0, 0.05) is 6.08 Å². The van der Waals surface area contributed by atoms with Crippen LogP contribution < -0.4 is 0 Å². The second kappa shape index (κ2) is 3.85. The van der Waals surface area contributed by atoms with E-state index in [9.17, 15) is 9.18 Å². The molecule has 2 nitrogen and oxygen atoms in total. The molecule has 0 aromatic heterocycles. The second-order valence-electron chi connectivity index (χ2n) is 2.68. The minimum Gasteiger partial charge on any atom is -0.478 e. The van der Waals surface area contributed by atoms with Gasteiger partial charge in [-0.3, -0.25) is 0 Å². The van der Waals surface area contributed by atoms with Crippen LogP contribution in [0.3, 0.4) is 0 Å². The van der Waals surface area contributed by atoms with Crippen molar-refractivity contribution >= 4 is 12.0 Å². The number of carboxylic acid groups (broad SMARTS) is 1. The quantitative estimate of drug-likeness (QED) is 0.708. The van der Waals surface area contributed by atoms with E-state index in [1.54, 1.807) is 19.1 Å². The fourth-order valence-corrected chi connectivity index (χ4v) is 0.880. The van der Waals surface area contributed by atoms with Crippen LogP contribution >= 0.6 is 0 Å². The molecule has 3 heteroatoms. The molecule has 0 radical (unpaired) electrons. The number of aliphatic carboxylic acids is 1. The Labute approximate surface area is 75.3 Å². The molecule has 0 spiro atoms. The van der Waals surface area contributed by atoms with Crippen LogP contribution in [0.25, 0.3) is 6.08 Å². The minimum atomic E-state index is -1.04. The summed E-state index contributed by atoms with van der Waals surface area (Å²) in [5.41, 5.74) is 1.10. The van der Waals surface area contributed by atoms with Crippen molar-refractivity contribution in [1.29, 1.82) is 0 Å². The van der Waals surface area contributed by atoms with Gasteiger partial charge >= 0.3 is 5.97 Å². The number of benzene rings is 1. The van der Waals surface area contributed by atoms with Gasteiger partial charge in [0.1, 0.15) is 5.82 Å². The van der Waals surface area contributed by atoms with Crippen molar-refractivity contribution in [2.45, 2.75) is 6.92 Å². The molecule has 1 rings (SSSR count). The Morgan fingerprint density at radius 3 is 2.77 bits per heavy atom. The first-order chi connectivity index (χ1) is 6.09. The zero-order chi connectivity index (χ0) is 9.84. The molecule has 0 amide bonds. The molecule has 0 aliphatic rings. The summed E-state index contributed by atoms with van der Waals surface area (Å²) < 4.78 is 12.9. The zero-order valence-electron chi connectivity index (χ0n) is 7.12. The van der Waals surface area contributed by atoms with Crippen LogP contribution in [0.5, 0.6) is 0 Å². The average Bonchev–Trinajstić information content (AvgIpc) is 2.07. The van der Waals surface area contributed by atoms with Gasteiger partial charge in [-0.25, -0.2) is 9.18 Å². The van der Waals surface area contributed by atoms with Crippen LogP contribution in [0.15, 0.2) is 24.3 Å². The topological polar surface area (TPSA) is 37.3 Å². The lowest BCUT2D eigenvalue weighted by molar-refractivity contribution is -0.131. The highest BCUT2D eigenvalue weighted by Gasteiger charge is 1.96. The molecule has 1 aromatic rings. The van der Waals surface area contributed by atoms with Gasteiger partial charge in [0.25, 0.3) is 0 Å². The average molecular weight is 180 g/mol. The van der Waals surface area contributed by atoms with E-state index < -0.39 is 5.97 Å². The van der Waals surface area contributed by atoms with Crippen LogP contribution in [0.1, 0.15) is 11.1 Å². The fourth-order valence-electron chi connectivity index (χ4n) is 0.880. The van der Waals surface area contributed by atoms with Crippen molar-refractivity contribution in [3.63, 3.8) is 0 Å². The molecule has 0 saturated carbocycles. The van der Waals surface area contributed by atoms with Gasteiger partial charge in [-0.1, -0.05) is 12.1 Å². The Bertz CT molecular complexity index is 356. The lowest BCUT2D eigenvalue weighted by Crippen LogP contribution is -1.87. The number of hydrogen-bond acceptors (Lipinski definition) is 1. The lowest BCUT2D eigenvalue weighted by atomic mass is 10.1. The van der Waals surface area contributed by atoms with E-state index in [-0.39, 0.29) is 5.82 Å². The molecule has 68 valence electrons. The molecular formula is C10H9FO2. The van der Waals surface area contributed by atoms with Gasteiger partial charge in [0.15, 0.2) is 0 Å². The summed E-state index contributed by atoms with van der Waals surface area (Å²) in [6, 6.07) is 4.57. The summed E-state index contributed by atoms with van der Waals surface area (Å²) in [4.78, 5) is 10.1. The standard InChI is InChI=1S/C10H9FO2/c1-7-2-3-8(6-9(7)11)4-5-10(12)13/h2-6H,1H3,(H,12,13). The molecule has 0 saturated heterocycles. The van der Waals surface area contributed by atoms with Gasteiger partial charge in [-0.15, -0.1) is 0 Å². The van der Waals surface area contributed by atoms with E-state index in [0.717, 1.165) is 6.08 Å². The van der Waals surface area contributed by atoms with E-state index in [1.807, 2.05) is 0 Å². The largest absolute Gasteiger partial charge is 0.478 e. The maximum Gasteiger partial charge on any atom is 0.328 e. The lowest BCUT2D eigenvalue weighted by Gasteiger charge is -1.96. The van der Waals surface area contributed by atoms with Gasteiger partial charge in [-0.05, 0) is 30.2 Å². The maximum absolute atomic E-state index is 12.9. The SMILES string of the molecule is Cc1ccc(C=CC(=O)O)cc1F. The van der Waals surface area contributed by atoms with E-state index in [1.165, 1.54) is 12.1 Å². The molecule has 13 heavy (non-hydrogen) atoms. The molecule has 0 fully saturated rings. The van der Waals surface area contributed by atoms with Gasteiger partial charge in [-0.2, -0.15) is 0 Å². The number of hydrogen-bond donors (Lipinski definition) is 1. The van der Waals surface area contributed by atoms with Gasteiger partial charge in [0.2, 0.25) is 0 Å². The van der Waals surface area contributed by atoms with E-state index in [4.69, 9.17) is 5.11 Å². The summed E-state index contributed by atoms with van der Waals surface area (Å²) in [6.07, 6.45) is 2.33. The number of carboxylic acids is 1. The number of aryl methyl sites for hydroxylation is 1. The van der Waals surface area contributed by atoms with Crippen molar-refractivity contribution in [3.05, 3.63) is 41.2 Å². The van der Waals surface area contributed by atoms with E-state index >= 15 is 0 Å². The third kappa shape index (κ3) is 2.71. The minimum absolute atomic E-state index is 0.326. The van der Waals surface area contributed by atoms with Gasteiger partial charge < -0.3 is 5.11 Å². The van der Waals surface area contributed by atoms with E-state index in [2.05, 4.69) is 0 Å². The fraction of sp³-hybridized carbons (Fsp3) is 0.100. The zero-order valence-corrected chi connectivity index (χ0v) is 7.12. The van der Waals surface area contributed by atoms with Crippen molar-refractivity contribution < 1.29 is 14.3 Å². The summed E-state index contributed by atoms with van der Waals surface area (Å²) in [7, 11) is 0. The Morgan fingerprint density at radius 2 is 2.23 bits per heavy atom. The molecule has 0 heterocycles. The van der Waals surface area contributed by atoms with Crippen molar-refractivity contribution in [1.82, 2.24) is 0 Å². The highest BCUT2D eigenvalue weighted by molar-refractivity contribution is 5.85. The Balaban J connectivity index is 2.92. The third-order valence-electron chi connectivity index (χ3n) is 1.61. The van der Waals surface area contributed by atoms with Crippen molar-refractivity contribution in [2.75, 3.05) is 0 Å². The number of carbonyl (C=O) groups is 1. The first kappa shape index (κ1) is 9.45. The Morgan fingerprint density at radius 1 is 1.54 bits per heavy atom. The predicted octanol–water partition coefficient (Wildman–Crippen LogP) is 2.23. The van der Waals surface area contributed by atoms with Crippen molar-refractivity contribution in [3.8, 4) is 0 Å². The van der Waals surface area contributed by atoms with Crippen LogP contribution in [0, 0.1) is 12.7 Å². The summed E-state index contributed by atoms with van der Waals surface area (Å²) in [6.45, 7) is 1.65. The van der Waals surface area contributed by atoms with Crippen LogP contribution in [-0.2, 0) is 4.79 Å². The predicted molar refractivity (Wildman–Crippen MR) is 47.8 cm³/mol. The first-order valence-electron chi connectivity index (χ1n) is 3.77. The summed E-state index contributed by atoms with van der Waals surface area (Å²) in [5.74, 6) is -1.37. The third-order valence-corrected chi connectivity index (χ3v) is 1.61. The molecule has 1 N–H and O–H groups in total. The van der Waals surface area contributed by atoms with Gasteiger partial charge in [0.05, 0.1) is 0 Å². The smallest absolute Gasteiger partial charge is 0.328 e. The highest BCUT2D eigenvalue weighted by Crippen LogP contribution is 2.10. The monoisotopic (exact) mass is 180 g/mol. The molecular weight excluding hydrogens is 171 g/mol. The van der Waals surface area contributed by atoms with E-state index in [0.29, 0.717) is 11.1 Å².